The Balaban J connectivity index is 1.38. The summed E-state index contributed by atoms with van der Waals surface area (Å²) in [5.41, 5.74) is 7.17. The number of aryl methyl sites for hydroxylation is 1. The highest BCUT2D eigenvalue weighted by Crippen LogP contribution is 2.38. The lowest BCUT2D eigenvalue weighted by molar-refractivity contribution is -0.110. The number of H-pyrrole nitrogens is 1. The second kappa shape index (κ2) is 11.8. The third-order valence-electron chi connectivity index (χ3n) is 7.82. The quantitative estimate of drug-likeness (QED) is 0.316. The molecule has 1 aromatic carbocycles. The number of rotatable bonds is 9. The van der Waals surface area contributed by atoms with Crippen LogP contribution >= 0.6 is 11.3 Å². The number of thiazole rings is 1. The number of hydrogen-bond acceptors (Lipinski definition) is 6. The van der Waals surface area contributed by atoms with Crippen LogP contribution in [0.5, 0.6) is 0 Å². The van der Waals surface area contributed by atoms with E-state index in [-0.39, 0.29) is 11.8 Å². The van der Waals surface area contributed by atoms with E-state index < -0.39 is 0 Å². The first-order valence-electron chi connectivity index (χ1n) is 14.0. The van der Waals surface area contributed by atoms with Gasteiger partial charge in [-0.05, 0) is 70.0 Å². The average Bonchev–Trinajstić information content (AvgIpc) is 3.63. The van der Waals surface area contributed by atoms with E-state index in [0.29, 0.717) is 17.7 Å². The number of anilines is 2. The van der Waals surface area contributed by atoms with Gasteiger partial charge in [0, 0.05) is 59.8 Å². The van der Waals surface area contributed by atoms with Gasteiger partial charge in [-0.1, -0.05) is 19.9 Å². The number of likely N-dealkylation sites (N-methyl/N-ethyl adjacent to an activating group) is 1. The van der Waals surface area contributed by atoms with Crippen LogP contribution in [-0.4, -0.2) is 66.0 Å². The molecule has 0 spiro atoms. The summed E-state index contributed by atoms with van der Waals surface area (Å²) in [5, 5.41) is 9.20. The number of nitrogens with zero attached hydrogens (tertiary/aromatic N) is 3. The predicted octanol–water partition coefficient (Wildman–Crippen LogP) is 5.31. The zero-order chi connectivity index (χ0) is 27.5. The van der Waals surface area contributed by atoms with Crippen molar-refractivity contribution in [3.8, 4) is 11.3 Å². The van der Waals surface area contributed by atoms with Gasteiger partial charge in [-0.2, -0.15) is 0 Å². The molecule has 0 radical (unpaired) electrons. The molecule has 2 aliphatic rings. The van der Waals surface area contributed by atoms with Gasteiger partial charge in [0.15, 0.2) is 5.13 Å². The van der Waals surface area contributed by atoms with Crippen LogP contribution in [0.2, 0.25) is 0 Å². The van der Waals surface area contributed by atoms with Crippen LogP contribution in [0, 0.1) is 13.8 Å². The number of hydrogen-bond donors (Lipinski definition) is 3. The van der Waals surface area contributed by atoms with Gasteiger partial charge in [-0.3, -0.25) is 9.59 Å². The van der Waals surface area contributed by atoms with Gasteiger partial charge in [0.2, 0.25) is 0 Å². The van der Waals surface area contributed by atoms with Gasteiger partial charge in [0.25, 0.3) is 11.8 Å². The molecular weight excluding hydrogens is 508 g/mol. The average molecular weight is 547 g/mol. The molecule has 2 amide bonds. The van der Waals surface area contributed by atoms with Crippen LogP contribution in [0.3, 0.4) is 0 Å². The maximum Gasteiger partial charge on any atom is 0.256 e. The number of aromatic amines is 1. The highest BCUT2D eigenvalue weighted by Gasteiger charge is 2.27. The van der Waals surface area contributed by atoms with E-state index in [0.717, 1.165) is 77.3 Å². The summed E-state index contributed by atoms with van der Waals surface area (Å²) >= 11 is 1.68. The Morgan fingerprint density at radius 2 is 1.95 bits per heavy atom. The van der Waals surface area contributed by atoms with Crippen LogP contribution < -0.4 is 15.5 Å². The van der Waals surface area contributed by atoms with E-state index in [1.54, 1.807) is 11.3 Å². The molecule has 8 nitrogen and oxygen atoms in total. The van der Waals surface area contributed by atoms with E-state index in [9.17, 15) is 9.59 Å². The van der Waals surface area contributed by atoms with E-state index in [2.05, 4.69) is 44.6 Å². The number of aromatic nitrogens is 2. The maximum atomic E-state index is 13.0. The highest BCUT2D eigenvalue weighted by molar-refractivity contribution is 7.14. The van der Waals surface area contributed by atoms with Crippen molar-refractivity contribution < 1.29 is 9.59 Å². The summed E-state index contributed by atoms with van der Waals surface area (Å²) in [4.78, 5) is 38.9. The molecule has 0 aliphatic carbocycles. The van der Waals surface area contributed by atoms with Crippen molar-refractivity contribution in [1.82, 2.24) is 20.2 Å². The third-order valence-corrected chi connectivity index (χ3v) is 8.72. The third kappa shape index (κ3) is 5.65. The van der Waals surface area contributed by atoms with E-state index in [1.165, 1.54) is 19.3 Å². The molecular formula is C30H38N6O2S. The zero-order valence-electron chi connectivity index (χ0n) is 23.3. The normalized spacial score (nSPS) is 16.2. The number of carbonyl (C=O) groups excluding carboxylic acids is 2. The second-order valence-electron chi connectivity index (χ2n) is 10.3. The Hall–Kier alpha value is -3.43. The topological polar surface area (TPSA) is 93.4 Å². The SMILES string of the molecule is CCN(CC)CCNC(=O)c1c(C)[nH]c(/C=C2\C(=O)Nc3ccc(-c4csc(N5CCCCC5)n4)cc32)c1C. The van der Waals surface area contributed by atoms with E-state index in [4.69, 9.17) is 4.98 Å². The molecule has 4 heterocycles. The molecule has 0 atom stereocenters. The first-order valence-corrected chi connectivity index (χ1v) is 14.9. The summed E-state index contributed by atoms with van der Waals surface area (Å²) in [6.07, 6.45) is 5.58. The summed E-state index contributed by atoms with van der Waals surface area (Å²) in [6, 6.07) is 6.01. The van der Waals surface area contributed by atoms with Crippen molar-refractivity contribution in [3.63, 3.8) is 0 Å². The fourth-order valence-electron chi connectivity index (χ4n) is 5.48. The maximum absolute atomic E-state index is 13.0. The van der Waals surface area contributed by atoms with Crippen molar-refractivity contribution in [2.75, 3.05) is 49.5 Å². The lowest BCUT2D eigenvalue weighted by Crippen LogP contribution is -2.35. The number of piperidine rings is 1. The first kappa shape index (κ1) is 27.1. The Morgan fingerprint density at radius 3 is 2.69 bits per heavy atom. The van der Waals surface area contributed by atoms with Gasteiger partial charge >= 0.3 is 0 Å². The summed E-state index contributed by atoms with van der Waals surface area (Å²) in [6.45, 7) is 13.5. The van der Waals surface area contributed by atoms with Gasteiger partial charge in [-0.25, -0.2) is 4.98 Å². The number of nitrogens with one attached hydrogen (secondary N) is 3. The van der Waals surface area contributed by atoms with Crippen molar-refractivity contribution in [2.24, 2.45) is 0 Å². The number of benzene rings is 1. The Morgan fingerprint density at radius 1 is 1.18 bits per heavy atom. The number of amides is 2. The standard InChI is InChI=1S/C30H38N6O2S/c1-5-35(6-2)15-12-31-29(38)27-19(3)25(32-20(27)4)17-23-22-16-21(10-11-24(22)33-28(23)37)26-18-39-30(34-26)36-13-8-7-9-14-36/h10-11,16-18,32H,5-9,12-15H2,1-4H3,(H,31,38)(H,33,37)/b23-17-. The smallest absolute Gasteiger partial charge is 0.256 e. The molecule has 2 aromatic heterocycles. The molecule has 3 N–H and O–H groups in total. The van der Waals surface area contributed by atoms with Crippen LogP contribution in [0.15, 0.2) is 23.6 Å². The fraction of sp³-hybridized carbons (Fsp3) is 0.433. The predicted molar refractivity (Wildman–Crippen MR) is 161 cm³/mol. The van der Waals surface area contributed by atoms with E-state index >= 15 is 0 Å². The van der Waals surface area contributed by atoms with Gasteiger partial charge in [0.1, 0.15) is 0 Å². The van der Waals surface area contributed by atoms with E-state index in [1.807, 2.05) is 38.1 Å². The minimum atomic E-state index is -0.147. The lowest BCUT2D eigenvalue weighted by atomic mass is 10.0. The molecule has 1 fully saturated rings. The minimum Gasteiger partial charge on any atom is -0.358 e. The molecule has 5 rings (SSSR count). The highest BCUT2D eigenvalue weighted by atomic mass is 32.1. The molecule has 39 heavy (non-hydrogen) atoms. The molecule has 206 valence electrons. The van der Waals surface area contributed by atoms with Crippen LogP contribution in [-0.2, 0) is 4.79 Å². The molecule has 1 saturated heterocycles. The number of fused-ring (bicyclic) bond motifs is 1. The van der Waals surface area contributed by atoms with Crippen LogP contribution in [0.25, 0.3) is 22.9 Å². The zero-order valence-corrected chi connectivity index (χ0v) is 24.1. The van der Waals surface area contributed by atoms with Gasteiger partial charge < -0.3 is 25.4 Å². The van der Waals surface area contributed by atoms with Crippen molar-refractivity contribution in [1.29, 1.82) is 0 Å². The monoisotopic (exact) mass is 546 g/mol. The van der Waals surface area contributed by atoms with Crippen molar-refractivity contribution in [2.45, 2.75) is 47.0 Å². The van der Waals surface area contributed by atoms with Gasteiger partial charge in [-0.15, -0.1) is 11.3 Å². The Kier molecular flexibility index (Phi) is 8.18. The van der Waals surface area contributed by atoms with Gasteiger partial charge in [0.05, 0.1) is 16.8 Å². The molecule has 0 unspecified atom stereocenters. The summed E-state index contributed by atoms with van der Waals surface area (Å²) < 4.78 is 0. The summed E-state index contributed by atoms with van der Waals surface area (Å²) in [7, 11) is 0. The second-order valence-corrected chi connectivity index (χ2v) is 11.1. The lowest BCUT2D eigenvalue weighted by Gasteiger charge is -2.25. The Labute approximate surface area is 234 Å². The fourth-order valence-corrected chi connectivity index (χ4v) is 6.37. The molecule has 0 bridgehead atoms. The minimum absolute atomic E-state index is 0.0929. The van der Waals surface area contributed by atoms with Crippen LogP contribution in [0.1, 0.15) is 66.0 Å². The molecule has 9 heteroatoms. The Bertz CT molecular complexity index is 1390. The largest absolute Gasteiger partial charge is 0.358 e. The first-order chi connectivity index (χ1) is 18.9. The molecule has 0 saturated carbocycles. The number of carbonyl (C=O) groups is 2. The van der Waals surface area contributed by atoms with Crippen molar-refractivity contribution >= 4 is 45.6 Å². The molecule has 3 aromatic rings. The summed E-state index contributed by atoms with van der Waals surface area (Å²) in [5.74, 6) is -0.240. The van der Waals surface area contributed by atoms with Crippen molar-refractivity contribution in [3.05, 3.63) is 51.7 Å². The molecule has 2 aliphatic heterocycles. The van der Waals surface area contributed by atoms with Crippen LogP contribution in [0.4, 0.5) is 10.8 Å².